The Hall–Kier alpha value is -0.850. The van der Waals surface area contributed by atoms with Gasteiger partial charge < -0.3 is 4.57 Å². The van der Waals surface area contributed by atoms with Crippen LogP contribution in [0.15, 0.2) is 42.5 Å². The maximum atomic E-state index is 12.3. The molecular formula is C10H12NOP. The Morgan fingerprint density at radius 3 is 2.54 bits per heavy atom. The molecule has 0 fully saturated rings. The van der Waals surface area contributed by atoms with E-state index in [4.69, 9.17) is 0 Å². The van der Waals surface area contributed by atoms with Gasteiger partial charge in [-0.15, -0.1) is 0 Å². The number of hydrogen-bond acceptors (Lipinski definition) is 1. The van der Waals surface area contributed by atoms with Gasteiger partial charge in [0.25, 0.3) is 0 Å². The highest BCUT2D eigenvalue weighted by Gasteiger charge is 2.23. The van der Waals surface area contributed by atoms with Gasteiger partial charge in [-0.25, -0.2) is 0 Å². The molecule has 1 aromatic rings. The smallest absolute Gasteiger partial charge is 0.180 e. The first-order valence-corrected chi connectivity index (χ1v) is 6.25. The van der Waals surface area contributed by atoms with E-state index in [0.717, 1.165) is 5.30 Å². The van der Waals surface area contributed by atoms with Crippen LogP contribution in [-0.2, 0) is 4.57 Å². The molecule has 1 atom stereocenters. The fourth-order valence-corrected chi connectivity index (χ4v) is 3.46. The molecule has 68 valence electrons. The van der Waals surface area contributed by atoms with Gasteiger partial charge in [0.15, 0.2) is 7.29 Å². The third-order valence-electron chi connectivity index (χ3n) is 2.17. The van der Waals surface area contributed by atoms with Gasteiger partial charge in [-0.1, -0.05) is 42.5 Å². The van der Waals surface area contributed by atoms with Crippen LogP contribution in [-0.4, -0.2) is 12.7 Å². The highest BCUT2D eigenvalue weighted by atomic mass is 31.2. The summed E-state index contributed by atoms with van der Waals surface area (Å²) >= 11 is 0. The van der Waals surface area contributed by atoms with Crippen molar-refractivity contribution in [2.75, 3.05) is 12.7 Å². The molecule has 0 saturated heterocycles. The van der Waals surface area contributed by atoms with Crippen LogP contribution in [0, 0.1) is 0 Å². The summed E-state index contributed by atoms with van der Waals surface area (Å²) in [5.41, 5.74) is 0. The minimum Gasteiger partial charge on any atom is -0.301 e. The Balaban J connectivity index is 2.35. The normalized spacial score (nSPS) is 27.4. The van der Waals surface area contributed by atoms with E-state index in [2.05, 4.69) is 5.09 Å². The predicted molar refractivity (Wildman–Crippen MR) is 55.7 cm³/mol. The first-order chi connectivity index (χ1) is 6.31. The second kappa shape index (κ2) is 3.49. The molecule has 1 unspecified atom stereocenters. The van der Waals surface area contributed by atoms with Gasteiger partial charge in [0.1, 0.15) is 0 Å². The highest BCUT2D eigenvalue weighted by Crippen LogP contribution is 2.40. The Labute approximate surface area is 78.1 Å². The van der Waals surface area contributed by atoms with E-state index in [1.165, 1.54) is 0 Å². The summed E-state index contributed by atoms with van der Waals surface area (Å²) in [7, 11) is -2.30. The quantitative estimate of drug-likeness (QED) is 0.543. The average molecular weight is 193 g/mol. The first-order valence-electron chi connectivity index (χ1n) is 4.36. The highest BCUT2D eigenvalue weighted by molar-refractivity contribution is 7.69. The van der Waals surface area contributed by atoms with Crippen LogP contribution in [0.5, 0.6) is 0 Å². The van der Waals surface area contributed by atoms with Gasteiger partial charge in [-0.2, -0.15) is 0 Å². The lowest BCUT2D eigenvalue weighted by molar-refractivity contribution is 0.574. The molecule has 1 heterocycles. The zero-order valence-corrected chi connectivity index (χ0v) is 8.21. The Morgan fingerprint density at radius 2 is 1.92 bits per heavy atom. The van der Waals surface area contributed by atoms with E-state index in [0.29, 0.717) is 12.7 Å². The maximum absolute atomic E-state index is 12.3. The van der Waals surface area contributed by atoms with Crippen LogP contribution < -0.4 is 10.4 Å². The summed E-state index contributed by atoms with van der Waals surface area (Å²) in [4.78, 5) is 0. The van der Waals surface area contributed by atoms with Crippen LogP contribution in [0.3, 0.4) is 0 Å². The molecule has 0 aliphatic carbocycles. The molecular weight excluding hydrogens is 181 g/mol. The molecule has 0 spiro atoms. The molecule has 0 bridgehead atoms. The van der Waals surface area contributed by atoms with Crippen LogP contribution in [0.4, 0.5) is 0 Å². The van der Waals surface area contributed by atoms with Crippen molar-refractivity contribution >= 4 is 12.6 Å². The van der Waals surface area contributed by atoms with Crippen LogP contribution >= 0.6 is 7.29 Å². The summed E-state index contributed by atoms with van der Waals surface area (Å²) < 4.78 is 12.3. The molecule has 0 radical (unpaired) electrons. The number of benzene rings is 1. The number of allylic oxidation sites excluding steroid dienone is 1. The molecule has 1 aliphatic rings. The molecule has 0 aromatic heterocycles. The fourth-order valence-electron chi connectivity index (χ4n) is 1.44. The van der Waals surface area contributed by atoms with Gasteiger partial charge in [0.05, 0.1) is 0 Å². The molecule has 0 saturated carbocycles. The number of rotatable bonds is 1. The molecule has 13 heavy (non-hydrogen) atoms. The summed E-state index contributed by atoms with van der Waals surface area (Å²) in [6.07, 6.45) is 4.64. The van der Waals surface area contributed by atoms with Crippen molar-refractivity contribution < 1.29 is 4.57 Å². The minimum atomic E-state index is -2.30. The molecule has 2 rings (SSSR count). The zero-order chi connectivity index (χ0) is 9.15. The van der Waals surface area contributed by atoms with Crippen LogP contribution in [0.1, 0.15) is 0 Å². The molecule has 0 amide bonds. The van der Waals surface area contributed by atoms with Crippen molar-refractivity contribution in [1.82, 2.24) is 5.09 Å². The molecule has 3 heteroatoms. The van der Waals surface area contributed by atoms with Gasteiger partial charge in [-0.05, 0) is 0 Å². The Bertz CT molecular complexity index is 358. The Morgan fingerprint density at radius 1 is 1.15 bits per heavy atom. The van der Waals surface area contributed by atoms with Crippen LogP contribution in [0.2, 0.25) is 0 Å². The second-order valence-electron chi connectivity index (χ2n) is 3.09. The van der Waals surface area contributed by atoms with Gasteiger partial charge in [-0.3, -0.25) is 5.09 Å². The predicted octanol–water partition coefficient (Wildman–Crippen LogP) is 1.75. The SMILES string of the molecule is O=P1(c2ccccc2)CC=CCN1. The van der Waals surface area contributed by atoms with Crippen molar-refractivity contribution in [2.45, 2.75) is 0 Å². The fraction of sp³-hybridized carbons (Fsp3) is 0.200. The van der Waals surface area contributed by atoms with Crippen molar-refractivity contribution in [3.63, 3.8) is 0 Å². The van der Waals surface area contributed by atoms with Crippen molar-refractivity contribution in [2.24, 2.45) is 0 Å². The van der Waals surface area contributed by atoms with E-state index in [9.17, 15) is 4.57 Å². The first kappa shape index (κ1) is 8.74. The van der Waals surface area contributed by atoms with E-state index in [-0.39, 0.29) is 0 Å². The zero-order valence-electron chi connectivity index (χ0n) is 7.31. The molecule has 1 aliphatic heterocycles. The van der Waals surface area contributed by atoms with Crippen molar-refractivity contribution in [3.05, 3.63) is 42.5 Å². The van der Waals surface area contributed by atoms with Crippen molar-refractivity contribution in [1.29, 1.82) is 0 Å². The number of nitrogens with one attached hydrogen (secondary N) is 1. The van der Waals surface area contributed by atoms with E-state index >= 15 is 0 Å². The largest absolute Gasteiger partial charge is 0.301 e. The lowest BCUT2D eigenvalue weighted by atomic mass is 10.4. The summed E-state index contributed by atoms with van der Waals surface area (Å²) in [6, 6.07) is 9.64. The second-order valence-corrected chi connectivity index (χ2v) is 5.77. The summed E-state index contributed by atoms with van der Waals surface area (Å²) in [6.45, 7) is 0.714. The van der Waals surface area contributed by atoms with Gasteiger partial charge >= 0.3 is 0 Å². The third-order valence-corrected chi connectivity index (χ3v) is 4.72. The van der Waals surface area contributed by atoms with Crippen LogP contribution in [0.25, 0.3) is 0 Å². The Kier molecular flexibility index (Phi) is 2.34. The standard InChI is InChI=1S/C10H12NOP/c12-13(9-5-4-8-11-13)10-6-2-1-3-7-10/h1-7H,8-9H2,(H,11,12). The average Bonchev–Trinajstić information content (AvgIpc) is 2.20. The summed E-state index contributed by atoms with van der Waals surface area (Å²) in [5, 5.41) is 4.01. The molecule has 1 aromatic carbocycles. The summed E-state index contributed by atoms with van der Waals surface area (Å²) in [5.74, 6) is 0. The monoisotopic (exact) mass is 193 g/mol. The van der Waals surface area contributed by atoms with Gasteiger partial charge in [0.2, 0.25) is 0 Å². The topological polar surface area (TPSA) is 29.1 Å². The molecule has 1 N–H and O–H groups in total. The van der Waals surface area contributed by atoms with Gasteiger partial charge in [0, 0.05) is 18.0 Å². The number of hydrogen-bond donors (Lipinski definition) is 1. The third kappa shape index (κ3) is 1.74. The van der Waals surface area contributed by atoms with E-state index in [1.54, 1.807) is 0 Å². The maximum Gasteiger partial charge on any atom is 0.180 e. The minimum absolute atomic E-state index is 0.636. The lowest BCUT2D eigenvalue weighted by Crippen LogP contribution is -2.23. The lowest BCUT2D eigenvalue weighted by Gasteiger charge is -2.20. The van der Waals surface area contributed by atoms with E-state index in [1.807, 2.05) is 42.5 Å². The molecule has 2 nitrogen and oxygen atoms in total. The van der Waals surface area contributed by atoms with Crippen molar-refractivity contribution in [3.8, 4) is 0 Å². The van der Waals surface area contributed by atoms with E-state index < -0.39 is 7.29 Å².